The molecule has 0 unspecified atom stereocenters. The Bertz CT molecular complexity index is 648. The third kappa shape index (κ3) is 5.48. The molecule has 25 heavy (non-hydrogen) atoms. The molecule has 0 aliphatic carbocycles. The van der Waals surface area contributed by atoms with Crippen molar-refractivity contribution in [2.45, 2.75) is 52.2 Å². The van der Waals surface area contributed by atoms with E-state index in [1.807, 2.05) is 0 Å². The molecular weight excluding hydrogens is 324 g/mol. The van der Waals surface area contributed by atoms with Gasteiger partial charge in [-0.25, -0.2) is 9.59 Å². The second-order valence-electron chi connectivity index (χ2n) is 6.96. The van der Waals surface area contributed by atoms with Crippen molar-refractivity contribution in [3.63, 3.8) is 0 Å². The van der Waals surface area contributed by atoms with Crippen molar-refractivity contribution in [3.8, 4) is 5.75 Å². The van der Waals surface area contributed by atoms with Gasteiger partial charge in [0.05, 0.1) is 0 Å². The minimum Gasteiger partial charge on any atom is -0.444 e. The van der Waals surface area contributed by atoms with E-state index in [1.165, 1.54) is 11.8 Å². The number of benzene rings is 1. The lowest BCUT2D eigenvalue weighted by molar-refractivity contribution is -0.139. The molecule has 1 N–H and O–H groups in total. The van der Waals surface area contributed by atoms with E-state index in [0.717, 1.165) is 6.42 Å². The van der Waals surface area contributed by atoms with E-state index in [2.05, 4.69) is 5.32 Å². The minimum absolute atomic E-state index is 0.177. The second-order valence-corrected chi connectivity index (χ2v) is 6.96. The fraction of sp³-hybridized carbons (Fsp3) is 0.500. The average molecular weight is 348 g/mol. The molecule has 1 atom stereocenters. The van der Waals surface area contributed by atoms with Crippen LogP contribution in [0.2, 0.25) is 0 Å². The van der Waals surface area contributed by atoms with E-state index in [0.29, 0.717) is 24.4 Å². The molecule has 0 spiro atoms. The van der Waals surface area contributed by atoms with Crippen molar-refractivity contribution >= 4 is 23.7 Å². The van der Waals surface area contributed by atoms with Gasteiger partial charge >= 0.3 is 12.1 Å². The minimum atomic E-state index is -0.648. The summed E-state index contributed by atoms with van der Waals surface area (Å²) in [5.41, 5.74) is -0.00299. The smallest absolute Gasteiger partial charge is 0.411 e. The summed E-state index contributed by atoms with van der Waals surface area (Å²) in [4.78, 5) is 37.1. The van der Waals surface area contributed by atoms with E-state index < -0.39 is 23.7 Å². The van der Waals surface area contributed by atoms with Crippen LogP contribution in [0.25, 0.3) is 0 Å². The first-order valence-corrected chi connectivity index (χ1v) is 8.25. The lowest BCUT2D eigenvalue weighted by Gasteiger charge is -2.27. The molecule has 1 heterocycles. The molecule has 1 fully saturated rings. The number of hydrogen-bond acceptors (Lipinski definition) is 5. The van der Waals surface area contributed by atoms with Gasteiger partial charge in [0.25, 0.3) is 0 Å². The Labute approximate surface area is 147 Å². The van der Waals surface area contributed by atoms with Crippen LogP contribution < -0.4 is 10.1 Å². The standard InChI is InChI=1S/C18H24N2O5/c1-12(21)19-13-7-9-14(10-8-13)24-16(22)15-6-5-11-20(15)17(23)25-18(2,3)4/h7-10,15H,5-6,11H2,1-4H3,(H,19,21)/t15-/m0/s1. The first kappa shape index (κ1) is 18.8. The Kier molecular flexibility index (Phi) is 5.66. The van der Waals surface area contributed by atoms with Crippen LogP contribution in [0.5, 0.6) is 5.75 Å². The number of carbonyl (C=O) groups excluding carboxylic acids is 3. The van der Waals surface area contributed by atoms with Crippen LogP contribution in [0.15, 0.2) is 24.3 Å². The zero-order valence-corrected chi connectivity index (χ0v) is 15.0. The summed E-state index contributed by atoms with van der Waals surface area (Å²) in [6.45, 7) is 7.23. The molecule has 2 rings (SSSR count). The predicted molar refractivity (Wildman–Crippen MR) is 92.3 cm³/mol. The Balaban J connectivity index is 1.99. The maximum absolute atomic E-state index is 12.4. The lowest BCUT2D eigenvalue weighted by Crippen LogP contribution is -2.44. The summed E-state index contributed by atoms with van der Waals surface area (Å²) in [5, 5.41) is 2.64. The molecule has 0 radical (unpaired) electrons. The van der Waals surface area contributed by atoms with Crippen molar-refractivity contribution in [1.29, 1.82) is 0 Å². The Morgan fingerprint density at radius 1 is 1.16 bits per heavy atom. The van der Waals surface area contributed by atoms with Gasteiger partial charge in [-0.3, -0.25) is 9.69 Å². The van der Waals surface area contributed by atoms with Crippen LogP contribution in [0.3, 0.4) is 0 Å². The second kappa shape index (κ2) is 7.55. The number of nitrogens with zero attached hydrogens (tertiary/aromatic N) is 1. The van der Waals surface area contributed by atoms with Crippen molar-refractivity contribution in [1.82, 2.24) is 4.90 Å². The third-order valence-electron chi connectivity index (χ3n) is 3.55. The fourth-order valence-corrected chi connectivity index (χ4v) is 2.54. The van der Waals surface area contributed by atoms with Gasteiger partial charge in [-0.1, -0.05) is 0 Å². The molecular formula is C18H24N2O5. The summed E-state index contributed by atoms with van der Waals surface area (Å²) >= 11 is 0. The largest absolute Gasteiger partial charge is 0.444 e. The Morgan fingerprint density at radius 2 is 1.80 bits per heavy atom. The first-order valence-electron chi connectivity index (χ1n) is 8.25. The van der Waals surface area contributed by atoms with E-state index in [1.54, 1.807) is 45.0 Å². The zero-order chi connectivity index (χ0) is 18.6. The van der Waals surface area contributed by atoms with Gasteiger partial charge in [0, 0.05) is 19.2 Å². The molecule has 0 saturated carbocycles. The van der Waals surface area contributed by atoms with Gasteiger partial charge in [-0.2, -0.15) is 0 Å². The highest BCUT2D eigenvalue weighted by Gasteiger charge is 2.37. The SMILES string of the molecule is CC(=O)Nc1ccc(OC(=O)[C@@H]2CCCN2C(=O)OC(C)(C)C)cc1. The Hall–Kier alpha value is -2.57. The van der Waals surface area contributed by atoms with Crippen LogP contribution >= 0.6 is 0 Å². The highest BCUT2D eigenvalue weighted by atomic mass is 16.6. The predicted octanol–water partition coefficient (Wildman–Crippen LogP) is 2.95. The number of likely N-dealkylation sites (tertiary alicyclic amines) is 1. The monoisotopic (exact) mass is 348 g/mol. The number of esters is 1. The van der Waals surface area contributed by atoms with E-state index >= 15 is 0 Å². The topological polar surface area (TPSA) is 84.9 Å². The summed E-state index contributed by atoms with van der Waals surface area (Å²) < 4.78 is 10.7. The maximum Gasteiger partial charge on any atom is 0.411 e. The molecule has 1 aliphatic rings. The van der Waals surface area contributed by atoms with E-state index in [9.17, 15) is 14.4 Å². The normalized spacial score (nSPS) is 17.1. The number of amides is 2. The summed E-state index contributed by atoms with van der Waals surface area (Å²) in [6.07, 6.45) is 0.760. The number of ether oxygens (including phenoxy) is 2. The average Bonchev–Trinajstić information content (AvgIpc) is 2.96. The summed E-state index contributed by atoms with van der Waals surface area (Å²) in [7, 11) is 0. The third-order valence-corrected chi connectivity index (χ3v) is 3.55. The lowest BCUT2D eigenvalue weighted by atomic mass is 10.2. The highest BCUT2D eigenvalue weighted by Crippen LogP contribution is 2.23. The van der Waals surface area contributed by atoms with E-state index in [-0.39, 0.29) is 5.91 Å². The maximum atomic E-state index is 12.4. The fourth-order valence-electron chi connectivity index (χ4n) is 2.54. The van der Waals surface area contributed by atoms with Crippen LogP contribution in [0.1, 0.15) is 40.5 Å². The van der Waals surface area contributed by atoms with Crippen LogP contribution in [-0.2, 0) is 14.3 Å². The quantitative estimate of drug-likeness (QED) is 0.670. The van der Waals surface area contributed by atoms with Gasteiger partial charge in [0.1, 0.15) is 17.4 Å². The number of anilines is 1. The van der Waals surface area contributed by atoms with Crippen molar-refractivity contribution in [2.75, 3.05) is 11.9 Å². The summed E-state index contributed by atoms with van der Waals surface area (Å²) in [5.74, 6) is -0.311. The number of hydrogen-bond donors (Lipinski definition) is 1. The van der Waals surface area contributed by atoms with Crippen molar-refractivity contribution < 1.29 is 23.9 Å². The van der Waals surface area contributed by atoms with Crippen molar-refractivity contribution in [2.24, 2.45) is 0 Å². The Morgan fingerprint density at radius 3 is 2.36 bits per heavy atom. The molecule has 0 aromatic heterocycles. The first-order chi connectivity index (χ1) is 11.7. The number of nitrogens with one attached hydrogen (secondary N) is 1. The summed E-state index contributed by atoms with van der Waals surface area (Å²) in [6, 6.07) is 5.82. The molecule has 2 amide bonds. The van der Waals surface area contributed by atoms with Gasteiger partial charge < -0.3 is 14.8 Å². The van der Waals surface area contributed by atoms with Crippen LogP contribution in [-0.4, -0.2) is 41.1 Å². The molecule has 1 aliphatic heterocycles. The van der Waals surface area contributed by atoms with E-state index in [4.69, 9.17) is 9.47 Å². The van der Waals surface area contributed by atoms with Crippen LogP contribution in [0, 0.1) is 0 Å². The molecule has 7 heteroatoms. The molecule has 136 valence electrons. The van der Waals surface area contributed by atoms with Crippen molar-refractivity contribution in [3.05, 3.63) is 24.3 Å². The molecule has 0 bridgehead atoms. The number of rotatable bonds is 3. The van der Waals surface area contributed by atoms with Gasteiger partial charge in [0.2, 0.25) is 5.91 Å². The highest BCUT2D eigenvalue weighted by molar-refractivity contribution is 5.88. The molecule has 1 aromatic carbocycles. The molecule has 7 nitrogen and oxygen atoms in total. The van der Waals surface area contributed by atoms with Crippen LogP contribution in [0.4, 0.5) is 10.5 Å². The molecule has 1 saturated heterocycles. The van der Waals surface area contributed by atoms with Gasteiger partial charge in [0.15, 0.2) is 0 Å². The zero-order valence-electron chi connectivity index (χ0n) is 15.0. The number of carbonyl (C=O) groups is 3. The van der Waals surface area contributed by atoms with Gasteiger partial charge in [-0.05, 0) is 57.9 Å². The van der Waals surface area contributed by atoms with Gasteiger partial charge in [-0.15, -0.1) is 0 Å². The molecule has 1 aromatic rings.